The molecule has 1 aliphatic rings. The molecule has 2 aromatic heterocycles. The topological polar surface area (TPSA) is 50.1 Å². The molecule has 2 atom stereocenters. The highest BCUT2D eigenvalue weighted by Gasteiger charge is 2.25. The molecule has 1 fully saturated rings. The van der Waals surface area contributed by atoms with Gasteiger partial charge in [-0.05, 0) is 66.8 Å². The van der Waals surface area contributed by atoms with Crippen molar-refractivity contribution in [2.45, 2.75) is 37.9 Å². The summed E-state index contributed by atoms with van der Waals surface area (Å²) < 4.78 is 5.84. The van der Waals surface area contributed by atoms with Gasteiger partial charge >= 0.3 is 0 Å². The first-order chi connectivity index (χ1) is 14.9. The Labute approximate surface area is 213 Å². The minimum Gasteiger partial charge on any atom is -0.464 e. The third-order valence-corrected chi connectivity index (χ3v) is 6.02. The highest BCUT2D eigenvalue weighted by molar-refractivity contribution is 5.86. The molecule has 3 heterocycles. The van der Waals surface area contributed by atoms with E-state index in [4.69, 9.17) is 4.42 Å². The Bertz CT molecular complexity index is 1110. The fraction of sp³-hybridized carbons (Fsp3) is 0.269. The van der Waals surface area contributed by atoms with Gasteiger partial charge in [0.15, 0.2) is 0 Å². The summed E-state index contributed by atoms with van der Waals surface area (Å²) in [6.45, 7) is 1.87. The number of benzene rings is 2. The van der Waals surface area contributed by atoms with Gasteiger partial charge < -0.3 is 15.1 Å². The lowest BCUT2D eigenvalue weighted by Gasteiger charge is -2.34. The molecule has 0 spiro atoms. The Morgan fingerprint density at radius 3 is 2.52 bits per heavy atom. The number of fused-ring (bicyclic) bond motifs is 1. The van der Waals surface area contributed by atoms with E-state index in [9.17, 15) is 0 Å². The van der Waals surface area contributed by atoms with Gasteiger partial charge in [0, 0.05) is 42.0 Å². The average molecular weight is 507 g/mol. The molecule has 2 N–H and O–H groups in total. The van der Waals surface area contributed by atoms with E-state index >= 15 is 0 Å². The van der Waals surface area contributed by atoms with Crippen molar-refractivity contribution in [3.05, 3.63) is 102 Å². The summed E-state index contributed by atoms with van der Waals surface area (Å²) >= 11 is 0. The molecule has 0 amide bonds. The van der Waals surface area contributed by atoms with Crippen molar-refractivity contribution >= 4 is 48.2 Å². The minimum atomic E-state index is 0. The molecule has 0 aliphatic carbocycles. The van der Waals surface area contributed by atoms with Crippen LogP contribution in [0, 0.1) is 0 Å². The fourth-order valence-electron chi connectivity index (χ4n) is 4.55. The maximum absolute atomic E-state index is 5.84. The summed E-state index contributed by atoms with van der Waals surface area (Å²) in [6, 6.07) is 22.2. The predicted octanol–water partition coefficient (Wildman–Crippen LogP) is 6.27. The monoisotopic (exact) mass is 505 g/mol. The van der Waals surface area contributed by atoms with Crippen LogP contribution in [-0.2, 0) is 13.0 Å². The Kier molecular flexibility index (Phi) is 10.7. The normalized spacial score (nSPS) is 17.5. The molecule has 176 valence electrons. The lowest BCUT2D eigenvalue weighted by molar-refractivity contribution is 0.304. The number of aromatic nitrogens is 1. The number of nitrogens with one attached hydrogen (secondary N) is 2. The second kappa shape index (κ2) is 13.0. The molecule has 4 aromatic rings. The third-order valence-electron chi connectivity index (χ3n) is 6.02. The average Bonchev–Trinajstić information content (AvgIpc) is 3.28. The summed E-state index contributed by atoms with van der Waals surface area (Å²) in [5.41, 5.74) is 6.13. The second-order valence-electron chi connectivity index (χ2n) is 8.10. The Balaban J connectivity index is 0.00000128. The standard InChI is InChI=1S/C26H27N3O.3ClH/c1-2-5-21(6-3-1)25-24(7-4-11-28-25)29-18-23-17-20(15-19-8-12-27-13-9-19)16-22-10-14-30-26(22)23;;;/h1-3,5-6,8-10,12-14,16-17,24-25,28-29H,4,7,11,15,18H2;3*1H/t24-,25-;;;/m0.../s1. The van der Waals surface area contributed by atoms with Crippen LogP contribution in [-0.4, -0.2) is 17.6 Å². The molecule has 4 nitrogen and oxygen atoms in total. The van der Waals surface area contributed by atoms with Gasteiger partial charge in [0.2, 0.25) is 0 Å². The van der Waals surface area contributed by atoms with Gasteiger partial charge in [0.25, 0.3) is 0 Å². The summed E-state index contributed by atoms with van der Waals surface area (Å²) in [5, 5.41) is 8.70. The van der Waals surface area contributed by atoms with Crippen molar-refractivity contribution in [1.29, 1.82) is 0 Å². The van der Waals surface area contributed by atoms with Crippen LogP contribution in [0.1, 0.15) is 41.1 Å². The zero-order valence-corrected chi connectivity index (χ0v) is 20.7. The first-order valence-corrected chi connectivity index (χ1v) is 10.8. The summed E-state index contributed by atoms with van der Waals surface area (Å²) in [5.74, 6) is 0. The van der Waals surface area contributed by atoms with Gasteiger partial charge in [-0.3, -0.25) is 4.98 Å². The van der Waals surface area contributed by atoms with Crippen LogP contribution in [0.25, 0.3) is 11.0 Å². The summed E-state index contributed by atoms with van der Waals surface area (Å²) in [6.07, 6.45) is 8.76. The highest BCUT2D eigenvalue weighted by atomic mass is 35.5. The fourth-order valence-corrected chi connectivity index (χ4v) is 4.55. The predicted molar refractivity (Wildman–Crippen MR) is 142 cm³/mol. The van der Waals surface area contributed by atoms with E-state index in [1.807, 2.05) is 12.4 Å². The Morgan fingerprint density at radius 1 is 0.939 bits per heavy atom. The molecule has 0 bridgehead atoms. The first-order valence-electron chi connectivity index (χ1n) is 10.8. The van der Waals surface area contributed by atoms with Gasteiger partial charge in [-0.15, -0.1) is 37.2 Å². The number of furan rings is 1. The molecule has 5 rings (SSSR count). The molecule has 2 aromatic carbocycles. The molecular weight excluding hydrogens is 477 g/mol. The van der Waals surface area contributed by atoms with E-state index in [2.05, 4.69) is 76.3 Å². The number of nitrogens with zero attached hydrogens (tertiary/aromatic N) is 1. The third kappa shape index (κ3) is 6.50. The van der Waals surface area contributed by atoms with Crippen LogP contribution in [0.15, 0.2) is 83.7 Å². The molecule has 1 aliphatic heterocycles. The number of piperidine rings is 1. The lowest BCUT2D eigenvalue weighted by atomic mass is 9.92. The molecule has 33 heavy (non-hydrogen) atoms. The van der Waals surface area contributed by atoms with Gasteiger partial charge in [-0.25, -0.2) is 0 Å². The smallest absolute Gasteiger partial charge is 0.138 e. The van der Waals surface area contributed by atoms with Crippen molar-refractivity contribution in [3.8, 4) is 0 Å². The SMILES string of the molecule is Cl.Cl.Cl.c1ccc([C@@H]2NCCC[C@@H]2NCc2cc(Cc3ccncc3)cc3ccoc23)cc1. The van der Waals surface area contributed by atoms with E-state index in [0.29, 0.717) is 12.1 Å². The van der Waals surface area contributed by atoms with Crippen molar-refractivity contribution < 1.29 is 4.42 Å². The van der Waals surface area contributed by atoms with Crippen LogP contribution < -0.4 is 10.6 Å². The van der Waals surface area contributed by atoms with E-state index in [1.54, 1.807) is 6.26 Å². The molecular formula is C26H30Cl3N3O. The van der Waals surface area contributed by atoms with Gasteiger partial charge in [0.1, 0.15) is 5.58 Å². The van der Waals surface area contributed by atoms with Crippen LogP contribution in [0.5, 0.6) is 0 Å². The number of rotatable bonds is 6. The van der Waals surface area contributed by atoms with Crippen LogP contribution in [0.3, 0.4) is 0 Å². The molecule has 1 saturated heterocycles. The van der Waals surface area contributed by atoms with E-state index in [0.717, 1.165) is 25.1 Å². The lowest BCUT2D eigenvalue weighted by Crippen LogP contribution is -2.45. The van der Waals surface area contributed by atoms with Gasteiger partial charge in [0.05, 0.1) is 6.26 Å². The van der Waals surface area contributed by atoms with E-state index in [1.165, 1.54) is 40.5 Å². The second-order valence-corrected chi connectivity index (χ2v) is 8.10. The molecule has 0 radical (unpaired) electrons. The van der Waals surface area contributed by atoms with Crippen molar-refractivity contribution in [3.63, 3.8) is 0 Å². The Morgan fingerprint density at radius 2 is 1.73 bits per heavy atom. The summed E-state index contributed by atoms with van der Waals surface area (Å²) in [4.78, 5) is 4.13. The molecule has 0 unspecified atom stereocenters. The molecule has 0 saturated carbocycles. The number of halogens is 3. The maximum Gasteiger partial charge on any atom is 0.138 e. The van der Waals surface area contributed by atoms with Crippen molar-refractivity contribution in [1.82, 2.24) is 15.6 Å². The number of hydrogen-bond donors (Lipinski definition) is 2. The zero-order chi connectivity index (χ0) is 20.2. The maximum atomic E-state index is 5.84. The largest absolute Gasteiger partial charge is 0.464 e. The van der Waals surface area contributed by atoms with Gasteiger partial charge in [-0.2, -0.15) is 0 Å². The van der Waals surface area contributed by atoms with Crippen LogP contribution >= 0.6 is 37.2 Å². The van der Waals surface area contributed by atoms with Crippen LogP contribution in [0.2, 0.25) is 0 Å². The number of pyridine rings is 1. The molecule has 7 heteroatoms. The first kappa shape index (κ1) is 27.2. The highest BCUT2D eigenvalue weighted by Crippen LogP contribution is 2.27. The summed E-state index contributed by atoms with van der Waals surface area (Å²) in [7, 11) is 0. The van der Waals surface area contributed by atoms with Gasteiger partial charge in [-0.1, -0.05) is 36.4 Å². The quantitative estimate of drug-likeness (QED) is 0.324. The van der Waals surface area contributed by atoms with E-state index in [-0.39, 0.29) is 37.2 Å². The van der Waals surface area contributed by atoms with Crippen molar-refractivity contribution in [2.24, 2.45) is 0 Å². The zero-order valence-electron chi connectivity index (χ0n) is 18.3. The minimum absolute atomic E-state index is 0. The van der Waals surface area contributed by atoms with E-state index < -0.39 is 0 Å². The number of hydrogen-bond acceptors (Lipinski definition) is 4. The Hall–Kier alpha value is -2.08. The van der Waals surface area contributed by atoms with Crippen LogP contribution in [0.4, 0.5) is 0 Å². The van der Waals surface area contributed by atoms with Crippen molar-refractivity contribution in [2.75, 3.05) is 6.54 Å².